The molecule has 0 saturated carbocycles. The van der Waals surface area contributed by atoms with E-state index in [4.69, 9.17) is 0 Å². The highest BCUT2D eigenvalue weighted by molar-refractivity contribution is 5.85. The molecule has 0 N–H and O–H groups in total. The lowest BCUT2D eigenvalue weighted by Crippen LogP contribution is -2.11. The first-order valence-corrected chi connectivity index (χ1v) is 5.92. The van der Waals surface area contributed by atoms with Crippen molar-refractivity contribution >= 4 is 10.8 Å². The average Bonchev–Trinajstić information content (AvgIpc) is 2.30. The first kappa shape index (κ1) is 12.7. The van der Waals surface area contributed by atoms with Gasteiger partial charge in [0.2, 0.25) is 0 Å². The Morgan fingerprint density at radius 2 is 1.69 bits per heavy atom. The van der Waals surface area contributed by atoms with E-state index in [2.05, 4.69) is 50.0 Å². The van der Waals surface area contributed by atoms with Gasteiger partial charge in [-0.3, -0.25) is 4.98 Å². The average molecular weight is 215 g/mol. The molecule has 2 aromatic rings. The first-order chi connectivity index (χ1) is 7.59. The van der Waals surface area contributed by atoms with E-state index < -0.39 is 0 Å². The standard InChI is InChI=1S/C13H15N.C2H6/c1-13(2,3)12-6-4-5-10-9-14-8-7-11(10)12;1-2/h4-9H,1-3H3;1-2H3. The minimum atomic E-state index is 0.195. The number of pyridine rings is 1. The van der Waals surface area contributed by atoms with E-state index in [0.717, 1.165) is 0 Å². The molecule has 0 aliphatic heterocycles. The fourth-order valence-electron chi connectivity index (χ4n) is 1.78. The van der Waals surface area contributed by atoms with Crippen LogP contribution in [0.25, 0.3) is 10.8 Å². The number of hydrogen-bond donors (Lipinski definition) is 0. The quantitative estimate of drug-likeness (QED) is 0.628. The Kier molecular flexibility index (Phi) is 4.05. The SMILES string of the molecule is CC.CC(C)(C)c1cccc2cnccc12. The zero-order valence-electron chi connectivity index (χ0n) is 10.9. The van der Waals surface area contributed by atoms with E-state index in [9.17, 15) is 0 Å². The van der Waals surface area contributed by atoms with Crippen LogP contribution in [-0.4, -0.2) is 4.98 Å². The summed E-state index contributed by atoms with van der Waals surface area (Å²) in [7, 11) is 0. The molecule has 0 spiro atoms. The molecule has 0 fully saturated rings. The van der Waals surface area contributed by atoms with E-state index >= 15 is 0 Å². The Morgan fingerprint density at radius 3 is 2.31 bits per heavy atom. The van der Waals surface area contributed by atoms with Crippen LogP contribution in [0, 0.1) is 0 Å². The third-order valence-corrected chi connectivity index (χ3v) is 2.49. The molecule has 0 aliphatic carbocycles. The van der Waals surface area contributed by atoms with Gasteiger partial charge in [-0.25, -0.2) is 0 Å². The molecule has 16 heavy (non-hydrogen) atoms. The van der Waals surface area contributed by atoms with Gasteiger partial charge in [0.15, 0.2) is 0 Å². The second kappa shape index (κ2) is 5.11. The minimum absolute atomic E-state index is 0.195. The van der Waals surface area contributed by atoms with Crippen molar-refractivity contribution in [1.82, 2.24) is 4.98 Å². The Bertz CT molecular complexity index is 447. The van der Waals surface area contributed by atoms with E-state index in [1.54, 1.807) is 0 Å². The maximum absolute atomic E-state index is 4.14. The van der Waals surface area contributed by atoms with Crippen LogP contribution >= 0.6 is 0 Å². The molecular formula is C15H21N. The van der Waals surface area contributed by atoms with Gasteiger partial charge in [0.05, 0.1) is 0 Å². The molecule has 1 aromatic heterocycles. The van der Waals surface area contributed by atoms with Crippen molar-refractivity contribution in [3.63, 3.8) is 0 Å². The number of nitrogens with zero attached hydrogens (tertiary/aromatic N) is 1. The van der Waals surface area contributed by atoms with Crippen molar-refractivity contribution in [3.05, 3.63) is 42.2 Å². The Labute approximate surface area is 98.5 Å². The molecule has 1 nitrogen and oxygen atoms in total. The topological polar surface area (TPSA) is 12.9 Å². The van der Waals surface area contributed by atoms with E-state index in [0.29, 0.717) is 0 Å². The van der Waals surface area contributed by atoms with Gasteiger partial charge in [0, 0.05) is 17.8 Å². The van der Waals surface area contributed by atoms with Crippen molar-refractivity contribution in [1.29, 1.82) is 0 Å². The molecule has 0 saturated heterocycles. The predicted molar refractivity (Wildman–Crippen MR) is 71.8 cm³/mol. The zero-order chi connectivity index (χ0) is 12.2. The van der Waals surface area contributed by atoms with Gasteiger partial charge in [-0.2, -0.15) is 0 Å². The lowest BCUT2D eigenvalue weighted by atomic mass is 9.84. The van der Waals surface area contributed by atoms with Crippen molar-refractivity contribution < 1.29 is 0 Å². The first-order valence-electron chi connectivity index (χ1n) is 5.92. The van der Waals surface area contributed by atoms with E-state index in [-0.39, 0.29) is 5.41 Å². The molecule has 0 aliphatic rings. The van der Waals surface area contributed by atoms with E-state index in [1.165, 1.54) is 16.3 Å². The molecule has 86 valence electrons. The molecule has 1 heteroatoms. The van der Waals surface area contributed by atoms with Crippen LogP contribution < -0.4 is 0 Å². The summed E-state index contributed by atoms with van der Waals surface area (Å²) >= 11 is 0. The van der Waals surface area contributed by atoms with Crippen molar-refractivity contribution in [2.45, 2.75) is 40.0 Å². The molecule has 0 atom stereocenters. The Hall–Kier alpha value is -1.37. The Morgan fingerprint density at radius 1 is 1.00 bits per heavy atom. The second-order valence-electron chi connectivity index (χ2n) is 4.65. The van der Waals surface area contributed by atoms with Gasteiger partial charge >= 0.3 is 0 Å². The van der Waals surface area contributed by atoms with Crippen LogP contribution in [0.5, 0.6) is 0 Å². The monoisotopic (exact) mass is 215 g/mol. The molecule has 2 rings (SSSR count). The highest BCUT2D eigenvalue weighted by Gasteiger charge is 2.15. The number of aromatic nitrogens is 1. The summed E-state index contributed by atoms with van der Waals surface area (Å²) in [6, 6.07) is 8.50. The summed E-state index contributed by atoms with van der Waals surface area (Å²) in [5.74, 6) is 0. The second-order valence-corrected chi connectivity index (χ2v) is 4.65. The van der Waals surface area contributed by atoms with Gasteiger partial charge in [-0.05, 0) is 22.4 Å². The van der Waals surface area contributed by atoms with E-state index in [1.807, 2.05) is 26.2 Å². The zero-order valence-corrected chi connectivity index (χ0v) is 10.9. The number of benzene rings is 1. The molecular weight excluding hydrogens is 194 g/mol. The van der Waals surface area contributed by atoms with Crippen molar-refractivity contribution in [2.75, 3.05) is 0 Å². The minimum Gasteiger partial charge on any atom is -0.264 e. The highest BCUT2D eigenvalue weighted by Crippen LogP contribution is 2.28. The van der Waals surface area contributed by atoms with Crippen LogP contribution in [0.4, 0.5) is 0 Å². The third-order valence-electron chi connectivity index (χ3n) is 2.49. The lowest BCUT2D eigenvalue weighted by Gasteiger charge is -2.20. The Balaban J connectivity index is 0.000000606. The van der Waals surface area contributed by atoms with Crippen LogP contribution in [0.1, 0.15) is 40.2 Å². The summed E-state index contributed by atoms with van der Waals surface area (Å²) in [6.45, 7) is 10.7. The summed E-state index contributed by atoms with van der Waals surface area (Å²) in [6.07, 6.45) is 3.78. The summed E-state index contributed by atoms with van der Waals surface area (Å²) in [4.78, 5) is 4.14. The maximum Gasteiger partial charge on any atom is 0.0346 e. The summed E-state index contributed by atoms with van der Waals surface area (Å²) in [5, 5.41) is 2.54. The van der Waals surface area contributed by atoms with Gasteiger partial charge in [0.1, 0.15) is 0 Å². The van der Waals surface area contributed by atoms with Gasteiger partial charge in [-0.1, -0.05) is 52.8 Å². The van der Waals surface area contributed by atoms with Gasteiger partial charge < -0.3 is 0 Å². The van der Waals surface area contributed by atoms with Crippen LogP contribution in [0.15, 0.2) is 36.7 Å². The molecule has 1 heterocycles. The highest BCUT2D eigenvalue weighted by atomic mass is 14.6. The van der Waals surface area contributed by atoms with Crippen LogP contribution in [0.2, 0.25) is 0 Å². The third kappa shape index (κ3) is 2.60. The molecule has 0 bridgehead atoms. The fourth-order valence-corrected chi connectivity index (χ4v) is 1.78. The number of fused-ring (bicyclic) bond motifs is 1. The molecule has 0 unspecified atom stereocenters. The predicted octanol–water partition coefficient (Wildman–Crippen LogP) is 4.56. The largest absolute Gasteiger partial charge is 0.264 e. The van der Waals surface area contributed by atoms with Crippen LogP contribution in [-0.2, 0) is 5.41 Å². The maximum atomic E-state index is 4.14. The van der Waals surface area contributed by atoms with Crippen molar-refractivity contribution in [2.24, 2.45) is 0 Å². The molecule has 1 aromatic carbocycles. The summed E-state index contributed by atoms with van der Waals surface area (Å²) in [5.41, 5.74) is 1.58. The van der Waals surface area contributed by atoms with Gasteiger partial charge in [0.25, 0.3) is 0 Å². The number of hydrogen-bond acceptors (Lipinski definition) is 1. The smallest absolute Gasteiger partial charge is 0.0346 e. The number of rotatable bonds is 0. The lowest BCUT2D eigenvalue weighted by molar-refractivity contribution is 0.596. The summed E-state index contributed by atoms with van der Waals surface area (Å²) < 4.78 is 0. The van der Waals surface area contributed by atoms with Gasteiger partial charge in [-0.15, -0.1) is 0 Å². The fraction of sp³-hybridized carbons (Fsp3) is 0.400. The molecule has 0 amide bonds. The normalized spacial score (nSPS) is 10.8. The van der Waals surface area contributed by atoms with Crippen molar-refractivity contribution in [3.8, 4) is 0 Å². The molecule has 0 radical (unpaired) electrons. The van der Waals surface area contributed by atoms with Crippen LogP contribution in [0.3, 0.4) is 0 Å².